The number of piperazine rings is 1. The lowest BCUT2D eigenvalue weighted by atomic mass is 9.84. The summed E-state index contributed by atoms with van der Waals surface area (Å²) in [4.78, 5) is 15.9. The zero-order chi connectivity index (χ0) is 18.9. The van der Waals surface area contributed by atoms with Crippen LogP contribution in [0.1, 0.15) is 30.4 Å². The van der Waals surface area contributed by atoms with E-state index in [1.807, 2.05) is 0 Å². The Morgan fingerprint density at radius 3 is 2.58 bits per heavy atom. The van der Waals surface area contributed by atoms with Crippen LogP contribution in [-0.4, -0.2) is 48.2 Å². The molecule has 1 N–H and O–H groups in total. The number of benzene rings is 1. The molecule has 1 unspecified atom stereocenters. The van der Waals surface area contributed by atoms with Gasteiger partial charge in [-0.05, 0) is 31.0 Å². The van der Waals surface area contributed by atoms with E-state index in [1.54, 1.807) is 15.9 Å². The number of carbonyl (C=O) groups excluding carboxylic acids is 1. The number of hydrogen-bond acceptors (Lipinski definition) is 4. The van der Waals surface area contributed by atoms with Crippen LogP contribution < -0.4 is 4.90 Å². The molecule has 0 bridgehead atoms. The second-order valence-corrected chi connectivity index (χ2v) is 6.78. The molecule has 0 aromatic heterocycles. The van der Waals surface area contributed by atoms with Crippen LogP contribution in [0.3, 0.4) is 0 Å². The number of halogens is 3. The molecule has 1 atom stereocenters. The van der Waals surface area contributed by atoms with Crippen molar-refractivity contribution in [1.29, 1.82) is 5.26 Å². The number of nitrogens with zero attached hydrogens (tertiary/aromatic N) is 3. The Hall–Kier alpha value is -2.27. The maximum Gasteiger partial charge on any atom is 0.417 e. The number of alkyl halides is 3. The van der Waals surface area contributed by atoms with Gasteiger partial charge in [0, 0.05) is 31.2 Å². The number of carbonyl (C=O) groups is 1. The van der Waals surface area contributed by atoms with Crippen LogP contribution in [0.25, 0.3) is 0 Å². The van der Waals surface area contributed by atoms with E-state index >= 15 is 0 Å². The van der Waals surface area contributed by atoms with Crippen molar-refractivity contribution in [2.75, 3.05) is 31.1 Å². The number of anilines is 1. The van der Waals surface area contributed by atoms with Gasteiger partial charge in [-0.2, -0.15) is 18.4 Å². The van der Waals surface area contributed by atoms with Crippen LogP contribution in [0.15, 0.2) is 18.2 Å². The van der Waals surface area contributed by atoms with Crippen LogP contribution in [0.4, 0.5) is 18.9 Å². The molecule has 2 fully saturated rings. The number of rotatable bonds is 3. The van der Waals surface area contributed by atoms with Crippen LogP contribution in [0, 0.1) is 17.2 Å². The van der Waals surface area contributed by atoms with Crippen LogP contribution in [0.2, 0.25) is 0 Å². The third kappa shape index (κ3) is 3.49. The Morgan fingerprint density at radius 1 is 1.31 bits per heavy atom. The second-order valence-electron chi connectivity index (χ2n) is 6.78. The van der Waals surface area contributed by atoms with E-state index in [-0.39, 0.29) is 25.0 Å². The van der Waals surface area contributed by atoms with Crippen LogP contribution >= 0.6 is 0 Å². The fraction of sp³-hybridized carbons (Fsp3) is 0.556. The zero-order valence-electron chi connectivity index (χ0n) is 14.2. The first-order chi connectivity index (χ1) is 12.3. The standard InChI is InChI=1S/C18H20F3N3O2/c19-18(20,21)16-8-14(5-4-13(16)9-22)23-6-7-24(15(10-23)11-25)17(26)12-2-1-3-12/h4-5,8,12,15,25H,1-3,6-7,10-11H2. The molecule has 1 aliphatic carbocycles. The molecule has 8 heteroatoms. The first-order valence-corrected chi connectivity index (χ1v) is 8.62. The molecule has 0 radical (unpaired) electrons. The van der Waals surface area contributed by atoms with Crippen molar-refractivity contribution in [2.24, 2.45) is 5.92 Å². The Labute approximate surface area is 149 Å². The molecule has 1 aromatic carbocycles. The molecular formula is C18H20F3N3O2. The largest absolute Gasteiger partial charge is 0.417 e. The van der Waals surface area contributed by atoms with Crippen molar-refractivity contribution >= 4 is 11.6 Å². The summed E-state index contributed by atoms with van der Waals surface area (Å²) in [6.45, 7) is 0.773. The fourth-order valence-electron chi connectivity index (χ4n) is 3.49. The highest BCUT2D eigenvalue weighted by molar-refractivity contribution is 5.80. The van der Waals surface area contributed by atoms with Gasteiger partial charge in [0.05, 0.1) is 29.8 Å². The van der Waals surface area contributed by atoms with Gasteiger partial charge in [0.25, 0.3) is 0 Å². The quantitative estimate of drug-likeness (QED) is 0.891. The summed E-state index contributed by atoms with van der Waals surface area (Å²) in [5, 5.41) is 18.6. The van der Waals surface area contributed by atoms with Gasteiger partial charge in [0.1, 0.15) is 0 Å². The fourth-order valence-corrected chi connectivity index (χ4v) is 3.49. The van der Waals surface area contributed by atoms with Crippen molar-refractivity contribution in [1.82, 2.24) is 4.90 Å². The van der Waals surface area contributed by atoms with E-state index < -0.39 is 23.3 Å². The lowest BCUT2D eigenvalue weighted by Crippen LogP contribution is -2.58. The van der Waals surface area contributed by atoms with Crippen molar-refractivity contribution in [2.45, 2.75) is 31.5 Å². The number of amides is 1. The summed E-state index contributed by atoms with van der Waals surface area (Å²) in [5.74, 6) is 0.0492. The summed E-state index contributed by atoms with van der Waals surface area (Å²) in [5.41, 5.74) is -1.05. The molecule has 26 heavy (non-hydrogen) atoms. The highest BCUT2D eigenvalue weighted by Crippen LogP contribution is 2.35. The van der Waals surface area contributed by atoms with Gasteiger partial charge in [-0.15, -0.1) is 0 Å². The van der Waals surface area contributed by atoms with Gasteiger partial charge in [0.15, 0.2) is 0 Å². The Balaban J connectivity index is 1.79. The highest BCUT2D eigenvalue weighted by atomic mass is 19.4. The summed E-state index contributed by atoms with van der Waals surface area (Å²) < 4.78 is 39.5. The molecule has 1 saturated carbocycles. The second kappa shape index (κ2) is 7.16. The number of nitriles is 1. The van der Waals surface area contributed by atoms with E-state index in [2.05, 4.69) is 0 Å². The summed E-state index contributed by atoms with van der Waals surface area (Å²) in [6.07, 6.45) is -1.85. The third-order valence-electron chi connectivity index (χ3n) is 5.23. The number of hydrogen-bond donors (Lipinski definition) is 1. The molecular weight excluding hydrogens is 347 g/mol. The lowest BCUT2D eigenvalue weighted by molar-refractivity contribution is -0.142. The summed E-state index contributed by atoms with van der Waals surface area (Å²) in [7, 11) is 0. The van der Waals surface area contributed by atoms with Gasteiger partial charge in [-0.1, -0.05) is 6.42 Å². The van der Waals surface area contributed by atoms with Gasteiger partial charge < -0.3 is 14.9 Å². The van der Waals surface area contributed by atoms with Crippen molar-refractivity contribution < 1.29 is 23.1 Å². The predicted octanol–water partition coefficient (Wildman–Crippen LogP) is 2.39. The average Bonchev–Trinajstić information content (AvgIpc) is 2.58. The van der Waals surface area contributed by atoms with E-state index in [9.17, 15) is 23.1 Å². The van der Waals surface area contributed by atoms with Crippen LogP contribution in [0.5, 0.6) is 0 Å². The molecule has 0 spiro atoms. The molecule has 1 amide bonds. The molecule has 140 valence electrons. The van der Waals surface area contributed by atoms with Gasteiger partial charge in [-0.3, -0.25) is 4.79 Å². The maximum absolute atomic E-state index is 13.2. The summed E-state index contributed by atoms with van der Waals surface area (Å²) >= 11 is 0. The van der Waals surface area contributed by atoms with E-state index in [0.717, 1.165) is 31.4 Å². The van der Waals surface area contributed by atoms with Gasteiger partial charge >= 0.3 is 6.18 Å². The molecule has 1 saturated heterocycles. The lowest BCUT2D eigenvalue weighted by Gasteiger charge is -2.44. The van der Waals surface area contributed by atoms with Gasteiger partial charge in [-0.25, -0.2) is 0 Å². The van der Waals surface area contributed by atoms with E-state index in [4.69, 9.17) is 5.26 Å². The number of aliphatic hydroxyl groups excluding tert-OH is 1. The summed E-state index contributed by atoms with van der Waals surface area (Å²) in [6, 6.07) is 4.74. The minimum Gasteiger partial charge on any atom is -0.394 e. The topological polar surface area (TPSA) is 67.6 Å². The zero-order valence-corrected chi connectivity index (χ0v) is 14.2. The molecule has 5 nitrogen and oxygen atoms in total. The Morgan fingerprint density at radius 2 is 2.04 bits per heavy atom. The first kappa shape index (κ1) is 18.5. The minimum atomic E-state index is -4.61. The molecule has 2 aliphatic rings. The van der Waals surface area contributed by atoms with E-state index in [0.29, 0.717) is 18.8 Å². The molecule has 3 rings (SSSR count). The maximum atomic E-state index is 13.2. The van der Waals surface area contributed by atoms with Gasteiger partial charge in [0.2, 0.25) is 5.91 Å². The molecule has 1 heterocycles. The molecule has 1 aromatic rings. The van der Waals surface area contributed by atoms with Crippen molar-refractivity contribution in [3.8, 4) is 6.07 Å². The minimum absolute atomic E-state index is 0.0161. The smallest absolute Gasteiger partial charge is 0.394 e. The first-order valence-electron chi connectivity index (χ1n) is 8.62. The normalized spacial score (nSPS) is 21.3. The SMILES string of the molecule is N#Cc1ccc(N2CCN(C(=O)C3CCC3)C(CO)C2)cc1C(F)(F)F. The monoisotopic (exact) mass is 367 g/mol. The Bertz CT molecular complexity index is 725. The van der Waals surface area contributed by atoms with Crippen molar-refractivity contribution in [3.63, 3.8) is 0 Å². The third-order valence-corrected chi connectivity index (χ3v) is 5.23. The number of aliphatic hydroxyl groups is 1. The highest BCUT2D eigenvalue weighted by Gasteiger charge is 2.37. The van der Waals surface area contributed by atoms with E-state index in [1.165, 1.54) is 6.07 Å². The van der Waals surface area contributed by atoms with Crippen LogP contribution in [-0.2, 0) is 11.0 Å². The van der Waals surface area contributed by atoms with Crippen molar-refractivity contribution in [3.05, 3.63) is 29.3 Å². The molecule has 1 aliphatic heterocycles. The predicted molar refractivity (Wildman–Crippen MR) is 88.3 cm³/mol. The Kier molecular flexibility index (Phi) is 5.10. The average molecular weight is 367 g/mol.